The Morgan fingerprint density at radius 2 is 1.16 bits per heavy atom. The van der Waals surface area contributed by atoms with Gasteiger partial charge in [-0.05, 0) is 117 Å². The van der Waals surface area contributed by atoms with Gasteiger partial charge in [0.15, 0.2) is 0 Å². The van der Waals surface area contributed by atoms with Crippen LogP contribution in [0.15, 0.2) is 203 Å². The molecular formula is C59H51NS. The maximum absolute atomic E-state index is 2.73. The van der Waals surface area contributed by atoms with E-state index in [1.165, 1.54) is 82.0 Å². The molecule has 1 nitrogen and oxygen atoms in total. The molecule has 0 fully saturated rings. The number of rotatable bonds is 3. The van der Waals surface area contributed by atoms with Crippen LogP contribution in [0.3, 0.4) is 0 Å². The van der Waals surface area contributed by atoms with E-state index in [-0.39, 0.29) is 21.7 Å². The number of nitrogens with zero attached hydrogens (tertiary/aromatic N) is 1. The van der Waals surface area contributed by atoms with Gasteiger partial charge in [0.2, 0.25) is 0 Å². The molecule has 298 valence electrons. The van der Waals surface area contributed by atoms with Crippen molar-refractivity contribution in [2.75, 3.05) is 4.90 Å². The van der Waals surface area contributed by atoms with Gasteiger partial charge in [-0.1, -0.05) is 197 Å². The molecule has 0 bridgehead atoms. The highest BCUT2D eigenvalue weighted by molar-refractivity contribution is 8.03. The Balaban J connectivity index is 1.20. The molecule has 0 N–H and O–H groups in total. The Labute approximate surface area is 365 Å². The van der Waals surface area contributed by atoms with Gasteiger partial charge in [0.1, 0.15) is 0 Å². The number of hydrogen-bond donors (Lipinski definition) is 0. The van der Waals surface area contributed by atoms with Crippen molar-refractivity contribution in [1.29, 1.82) is 0 Å². The molecule has 4 unspecified atom stereocenters. The minimum atomic E-state index is -0.486. The molecule has 7 aromatic carbocycles. The van der Waals surface area contributed by atoms with Gasteiger partial charge in [0.25, 0.3) is 0 Å². The van der Waals surface area contributed by atoms with Crippen LogP contribution in [0.2, 0.25) is 0 Å². The van der Waals surface area contributed by atoms with Crippen LogP contribution in [0.5, 0.6) is 0 Å². The Bertz CT molecular complexity index is 3070. The summed E-state index contributed by atoms with van der Waals surface area (Å²) in [6.07, 6.45) is 7.92. The highest BCUT2D eigenvalue weighted by atomic mass is 32.2. The zero-order valence-electron chi connectivity index (χ0n) is 36.2. The molecule has 12 rings (SSSR count). The van der Waals surface area contributed by atoms with Gasteiger partial charge in [0, 0.05) is 37.4 Å². The van der Waals surface area contributed by atoms with Crippen LogP contribution < -0.4 is 4.90 Å². The fraction of sp³-hybridized carbons (Fsp3) is 0.220. The van der Waals surface area contributed by atoms with Crippen molar-refractivity contribution in [2.24, 2.45) is 10.8 Å². The lowest BCUT2D eigenvalue weighted by Crippen LogP contribution is -2.60. The number of hydrogen-bond acceptors (Lipinski definition) is 2. The second-order valence-electron chi connectivity index (χ2n) is 19.9. The molecule has 0 radical (unpaired) electrons. The van der Waals surface area contributed by atoms with Crippen LogP contribution >= 0.6 is 11.8 Å². The monoisotopic (exact) mass is 805 g/mol. The number of thioether (sulfide) groups is 1. The van der Waals surface area contributed by atoms with Gasteiger partial charge in [-0.25, -0.2) is 0 Å². The quantitative estimate of drug-likeness (QED) is 0.164. The van der Waals surface area contributed by atoms with Crippen molar-refractivity contribution < 1.29 is 0 Å². The largest absolute Gasteiger partial charge is 0.328 e. The lowest BCUT2D eigenvalue weighted by Gasteiger charge is -2.63. The molecule has 0 saturated heterocycles. The smallest absolute Gasteiger partial charge is 0.0833 e. The van der Waals surface area contributed by atoms with Crippen molar-refractivity contribution in [3.05, 3.63) is 231 Å². The average Bonchev–Trinajstić information content (AvgIpc) is 3.73. The van der Waals surface area contributed by atoms with E-state index in [9.17, 15) is 0 Å². The van der Waals surface area contributed by atoms with Gasteiger partial charge in [-0.3, -0.25) is 0 Å². The molecule has 7 aromatic rings. The van der Waals surface area contributed by atoms with E-state index in [1.54, 1.807) is 5.57 Å². The first-order valence-electron chi connectivity index (χ1n) is 22.0. The molecule has 2 aliphatic heterocycles. The first kappa shape index (κ1) is 37.0. The number of anilines is 2. The normalized spacial score (nSPS) is 26.2. The summed E-state index contributed by atoms with van der Waals surface area (Å²) in [5.41, 5.74) is 14.4. The standard InChI is InChI=1S/C59H51NS/c1-54(2,3)56(5)34-35-57(6)52-53(56)58(7)47-28-18-19-29-49(47)61-50(58)37-55(52,4)51-42-25-15-14-20-38(42)30-33-48(51)60(57)41-31-32-46-44(36-41)43-26-16-17-27-45(43)59(46,39-21-10-8-11-22-39)40-23-12-9-13-24-40/h8-37H,1-7H3. The van der Waals surface area contributed by atoms with Crippen molar-refractivity contribution in [2.45, 2.75) is 75.1 Å². The minimum absolute atomic E-state index is 0.0545. The Kier molecular flexibility index (Phi) is 7.38. The second kappa shape index (κ2) is 12.2. The second-order valence-corrected chi connectivity index (χ2v) is 21.0. The molecule has 5 aliphatic rings. The van der Waals surface area contributed by atoms with Crippen LogP contribution in [0.1, 0.15) is 81.8 Å². The fourth-order valence-corrected chi connectivity index (χ4v) is 14.4. The van der Waals surface area contributed by atoms with Gasteiger partial charge in [-0.15, -0.1) is 0 Å². The summed E-state index contributed by atoms with van der Waals surface area (Å²) in [7, 11) is 0. The third-order valence-electron chi connectivity index (χ3n) is 16.0. The fourth-order valence-electron chi connectivity index (χ4n) is 12.9. The van der Waals surface area contributed by atoms with E-state index in [4.69, 9.17) is 0 Å². The van der Waals surface area contributed by atoms with Crippen LogP contribution in [0.25, 0.3) is 21.9 Å². The van der Waals surface area contributed by atoms with Crippen LogP contribution in [-0.4, -0.2) is 5.54 Å². The zero-order valence-corrected chi connectivity index (χ0v) is 37.0. The maximum atomic E-state index is 2.73. The minimum Gasteiger partial charge on any atom is -0.328 e. The lowest BCUT2D eigenvalue weighted by atomic mass is 9.45. The van der Waals surface area contributed by atoms with Crippen LogP contribution in [0.4, 0.5) is 11.4 Å². The first-order chi connectivity index (χ1) is 29.4. The summed E-state index contributed by atoms with van der Waals surface area (Å²) in [6.45, 7) is 17.5. The van der Waals surface area contributed by atoms with E-state index >= 15 is 0 Å². The van der Waals surface area contributed by atoms with Crippen molar-refractivity contribution in [3.8, 4) is 11.1 Å². The SMILES string of the molecule is CC12C=C3Sc4ccccc4C3(C)C3=C1C(C)(C=CC3(C)C(C)(C)C)N(c1ccc3c(c1)-c1ccccc1C3(c1ccccc1)c1ccccc1)c1ccc3ccccc3c12. The molecule has 0 amide bonds. The number of fused-ring (bicyclic) bond motifs is 11. The van der Waals surface area contributed by atoms with Gasteiger partial charge < -0.3 is 4.90 Å². The average molecular weight is 806 g/mol. The molecular weight excluding hydrogens is 755 g/mol. The molecule has 2 heterocycles. The van der Waals surface area contributed by atoms with E-state index < -0.39 is 11.0 Å². The van der Waals surface area contributed by atoms with Crippen LogP contribution in [0, 0.1) is 10.8 Å². The molecule has 0 saturated carbocycles. The Morgan fingerprint density at radius 3 is 1.89 bits per heavy atom. The summed E-state index contributed by atoms with van der Waals surface area (Å²) < 4.78 is 0. The first-order valence-corrected chi connectivity index (χ1v) is 22.8. The summed E-state index contributed by atoms with van der Waals surface area (Å²) >= 11 is 2.00. The lowest BCUT2D eigenvalue weighted by molar-refractivity contribution is 0.181. The highest BCUT2D eigenvalue weighted by Gasteiger charge is 2.64. The van der Waals surface area contributed by atoms with Gasteiger partial charge in [0.05, 0.1) is 11.0 Å². The maximum Gasteiger partial charge on any atom is 0.0833 e. The topological polar surface area (TPSA) is 3.24 Å². The van der Waals surface area contributed by atoms with Gasteiger partial charge in [-0.2, -0.15) is 0 Å². The number of benzene rings is 7. The Hall–Kier alpha value is -5.83. The summed E-state index contributed by atoms with van der Waals surface area (Å²) in [5.74, 6) is 0. The predicted molar refractivity (Wildman–Crippen MR) is 257 cm³/mol. The molecule has 3 aliphatic carbocycles. The molecule has 0 aromatic heterocycles. The van der Waals surface area contributed by atoms with E-state index in [0.717, 1.165) is 0 Å². The van der Waals surface area contributed by atoms with E-state index in [0.29, 0.717) is 0 Å². The number of allylic oxidation sites excluding steroid dienone is 4. The van der Waals surface area contributed by atoms with Gasteiger partial charge >= 0.3 is 0 Å². The summed E-state index contributed by atoms with van der Waals surface area (Å²) in [5, 5.41) is 2.61. The van der Waals surface area contributed by atoms with Crippen molar-refractivity contribution >= 4 is 33.9 Å². The summed E-state index contributed by atoms with van der Waals surface area (Å²) in [6, 6.07) is 62.0. The third kappa shape index (κ3) is 4.44. The third-order valence-corrected chi connectivity index (χ3v) is 17.3. The highest BCUT2D eigenvalue weighted by Crippen LogP contribution is 2.73. The molecule has 0 spiro atoms. The van der Waals surface area contributed by atoms with E-state index in [2.05, 4.69) is 235 Å². The molecule has 4 atom stereocenters. The van der Waals surface area contributed by atoms with Crippen molar-refractivity contribution in [3.63, 3.8) is 0 Å². The zero-order chi connectivity index (χ0) is 41.7. The Morgan fingerprint density at radius 1 is 0.541 bits per heavy atom. The van der Waals surface area contributed by atoms with Crippen molar-refractivity contribution in [1.82, 2.24) is 0 Å². The summed E-state index contributed by atoms with van der Waals surface area (Å²) in [4.78, 5) is 5.57. The molecule has 2 heteroatoms. The van der Waals surface area contributed by atoms with E-state index in [1.807, 2.05) is 11.8 Å². The van der Waals surface area contributed by atoms with Crippen LogP contribution in [-0.2, 0) is 16.2 Å². The molecule has 61 heavy (non-hydrogen) atoms. The predicted octanol–water partition coefficient (Wildman–Crippen LogP) is 15.3.